The number of fused-ring (bicyclic) bond motifs is 8. The number of ether oxygens (including phenoxy) is 5. The fourth-order valence-corrected chi connectivity index (χ4v) is 5.75. The van der Waals surface area contributed by atoms with Crippen molar-refractivity contribution in [3.05, 3.63) is 46.5 Å². The first-order valence-corrected chi connectivity index (χ1v) is 10.2. The van der Waals surface area contributed by atoms with Gasteiger partial charge in [-0.25, -0.2) is 0 Å². The quantitative estimate of drug-likeness (QED) is 0.671. The number of hydrogen-bond donors (Lipinski definition) is 0. The Hall–Kier alpha value is -2.93. The van der Waals surface area contributed by atoms with Crippen LogP contribution < -0.4 is 18.9 Å². The Labute approximate surface area is 174 Å². The average molecular weight is 409 g/mol. The monoisotopic (exact) mass is 409 g/mol. The molecule has 4 aliphatic rings. The number of carbonyl (C=O) groups is 1. The zero-order chi connectivity index (χ0) is 20.6. The number of esters is 1. The van der Waals surface area contributed by atoms with Gasteiger partial charge < -0.3 is 23.7 Å². The van der Waals surface area contributed by atoms with Gasteiger partial charge in [0.15, 0.2) is 23.0 Å². The lowest BCUT2D eigenvalue weighted by Crippen LogP contribution is -2.56. The lowest BCUT2D eigenvalue weighted by Gasteiger charge is -2.54. The molecule has 3 aliphatic heterocycles. The summed E-state index contributed by atoms with van der Waals surface area (Å²) < 4.78 is 28.7. The predicted octanol–water partition coefficient (Wildman–Crippen LogP) is 3.08. The molecule has 3 heterocycles. The highest BCUT2D eigenvalue weighted by Gasteiger charge is 2.55. The van der Waals surface area contributed by atoms with Gasteiger partial charge >= 0.3 is 5.97 Å². The first-order chi connectivity index (χ1) is 14.5. The van der Waals surface area contributed by atoms with Crippen LogP contribution in [-0.4, -0.2) is 37.6 Å². The smallest absolute Gasteiger partial charge is 0.302 e. The topological polar surface area (TPSA) is 66.5 Å². The van der Waals surface area contributed by atoms with Crippen LogP contribution >= 0.6 is 0 Å². The highest BCUT2D eigenvalue weighted by atomic mass is 16.7. The second-order valence-corrected chi connectivity index (χ2v) is 8.63. The van der Waals surface area contributed by atoms with Crippen LogP contribution in [-0.2, 0) is 27.9 Å². The van der Waals surface area contributed by atoms with Crippen LogP contribution in [0.2, 0.25) is 0 Å². The van der Waals surface area contributed by atoms with E-state index in [1.54, 1.807) is 0 Å². The fraction of sp³-hybridized carbons (Fsp3) is 0.435. The Bertz CT molecular complexity index is 1080. The Morgan fingerprint density at radius 1 is 1.10 bits per heavy atom. The number of hydrogen-bond acceptors (Lipinski definition) is 7. The van der Waals surface area contributed by atoms with Crippen molar-refractivity contribution < 1.29 is 28.5 Å². The maximum atomic E-state index is 12.1. The van der Waals surface area contributed by atoms with E-state index in [2.05, 4.69) is 31.0 Å². The van der Waals surface area contributed by atoms with Crippen molar-refractivity contribution in [2.75, 3.05) is 20.6 Å². The Balaban J connectivity index is 1.59. The summed E-state index contributed by atoms with van der Waals surface area (Å²) in [5.74, 6) is 2.82. The highest BCUT2D eigenvalue weighted by molar-refractivity contribution is 5.67. The summed E-state index contributed by atoms with van der Waals surface area (Å²) in [5.41, 5.74) is 4.10. The van der Waals surface area contributed by atoms with Crippen LogP contribution in [0.3, 0.4) is 0 Å². The van der Waals surface area contributed by atoms with Crippen LogP contribution in [0.4, 0.5) is 0 Å². The van der Waals surface area contributed by atoms with Crippen LogP contribution in [0, 0.1) is 0 Å². The molecule has 156 valence electrons. The van der Waals surface area contributed by atoms with Crippen LogP contribution in [0.5, 0.6) is 23.0 Å². The molecule has 2 aromatic carbocycles. The molecule has 3 atom stereocenters. The van der Waals surface area contributed by atoms with Gasteiger partial charge in [-0.05, 0) is 41.9 Å². The Morgan fingerprint density at radius 2 is 1.83 bits per heavy atom. The van der Waals surface area contributed by atoms with Gasteiger partial charge in [0.05, 0.1) is 5.41 Å². The van der Waals surface area contributed by atoms with E-state index in [9.17, 15) is 4.79 Å². The average Bonchev–Trinajstić information content (AvgIpc) is 3.35. The van der Waals surface area contributed by atoms with Crippen molar-refractivity contribution in [2.24, 2.45) is 0 Å². The first kappa shape index (κ1) is 17.9. The lowest BCUT2D eigenvalue weighted by molar-refractivity contribution is -0.153. The van der Waals surface area contributed by atoms with Gasteiger partial charge in [-0.2, -0.15) is 0 Å². The molecular formula is C23H23NO6. The molecule has 7 nitrogen and oxygen atoms in total. The first-order valence-electron chi connectivity index (χ1n) is 10.2. The minimum absolute atomic E-state index is 0.00738. The summed E-state index contributed by atoms with van der Waals surface area (Å²) in [4.78, 5) is 14.4. The Morgan fingerprint density at radius 3 is 2.63 bits per heavy atom. The third-order valence-corrected chi connectivity index (χ3v) is 6.95. The van der Waals surface area contributed by atoms with E-state index in [1.165, 1.54) is 12.5 Å². The van der Waals surface area contributed by atoms with E-state index < -0.39 is 5.41 Å². The molecule has 30 heavy (non-hydrogen) atoms. The van der Waals surface area contributed by atoms with Gasteiger partial charge in [0.25, 0.3) is 0 Å². The van der Waals surface area contributed by atoms with Crippen LogP contribution in [0.1, 0.15) is 42.1 Å². The largest absolute Gasteiger partial charge is 0.461 e. The third kappa shape index (κ3) is 2.27. The van der Waals surface area contributed by atoms with Crippen molar-refractivity contribution in [3.63, 3.8) is 0 Å². The maximum Gasteiger partial charge on any atom is 0.302 e. The maximum absolute atomic E-state index is 12.1. The van der Waals surface area contributed by atoms with Gasteiger partial charge in [0.1, 0.15) is 6.10 Å². The molecular weight excluding hydrogens is 386 g/mol. The van der Waals surface area contributed by atoms with Gasteiger partial charge in [-0.15, -0.1) is 0 Å². The van der Waals surface area contributed by atoms with E-state index in [0.717, 1.165) is 39.7 Å². The predicted molar refractivity (Wildman–Crippen MR) is 106 cm³/mol. The van der Waals surface area contributed by atoms with E-state index in [0.29, 0.717) is 13.0 Å². The number of rotatable bonds is 1. The molecule has 0 saturated heterocycles. The zero-order valence-corrected chi connectivity index (χ0v) is 17.2. The van der Waals surface area contributed by atoms with Crippen LogP contribution in [0.25, 0.3) is 0 Å². The summed E-state index contributed by atoms with van der Waals surface area (Å²) in [5, 5.41) is 0. The van der Waals surface area contributed by atoms with Gasteiger partial charge in [-0.1, -0.05) is 13.0 Å². The molecule has 0 bridgehead atoms. The van der Waals surface area contributed by atoms with Gasteiger partial charge in [0.2, 0.25) is 13.6 Å². The summed E-state index contributed by atoms with van der Waals surface area (Å²) in [6, 6.07) is 8.22. The summed E-state index contributed by atoms with van der Waals surface area (Å²) in [7, 11) is 2.10. The zero-order valence-electron chi connectivity index (χ0n) is 17.2. The molecule has 0 aromatic heterocycles. The number of benzene rings is 2. The molecule has 0 radical (unpaired) electrons. The molecule has 1 aliphatic carbocycles. The van der Waals surface area contributed by atoms with Crippen molar-refractivity contribution in [3.8, 4) is 23.0 Å². The highest BCUT2D eigenvalue weighted by Crippen LogP contribution is 2.57. The molecule has 0 unspecified atom stereocenters. The molecule has 0 saturated carbocycles. The molecule has 0 amide bonds. The number of likely N-dealkylation sites (N-methyl/N-ethyl adjacent to an activating group) is 1. The number of nitrogens with zero attached hydrogens (tertiary/aromatic N) is 1. The third-order valence-electron chi connectivity index (χ3n) is 6.95. The molecule has 7 heteroatoms. The van der Waals surface area contributed by atoms with E-state index in [-0.39, 0.29) is 31.7 Å². The minimum atomic E-state index is -0.463. The van der Waals surface area contributed by atoms with Crippen molar-refractivity contribution in [1.82, 2.24) is 4.90 Å². The molecule has 6 rings (SSSR count). The molecule has 0 fully saturated rings. The second-order valence-electron chi connectivity index (χ2n) is 8.63. The second kappa shape index (κ2) is 6.04. The summed E-state index contributed by atoms with van der Waals surface area (Å²) in [6.07, 6.45) is 0.287. The van der Waals surface area contributed by atoms with E-state index in [4.69, 9.17) is 23.7 Å². The summed E-state index contributed by atoms with van der Waals surface area (Å²) >= 11 is 0. The van der Waals surface area contributed by atoms with E-state index in [1.807, 2.05) is 12.1 Å². The van der Waals surface area contributed by atoms with Crippen LogP contribution in [0.15, 0.2) is 24.3 Å². The normalized spacial score (nSPS) is 27.8. The van der Waals surface area contributed by atoms with Gasteiger partial charge in [-0.3, -0.25) is 9.69 Å². The molecule has 2 aromatic rings. The van der Waals surface area contributed by atoms with Crippen molar-refractivity contribution in [1.29, 1.82) is 0 Å². The molecule has 0 N–H and O–H groups in total. The molecule has 0 spiro atoms. The van der Waals surface area contributed by atoms with Crippen molar-refractivity contribution in [2.45, 2.75) is 44.4 Å². The standard InChI is InChI=1S/C23H23NO6/c1-12(25)30-20-7-13-6-18-19(28-10-27-18)8-14(13)22-23(20,2)16-4-5-17-21(29-11-26-17)15(16)9-24(22)3/h4-6,8,20,22H,7,9-11H2,1-3H3/t20-,22+,23-/m0/s1. The lowest BCUT2D eigenvalue weighted by atomic mass is 9.60. The van der Waals surface area contributed by atoms with E-state index >= 15 is 0 Å². The SMILES string of the molecule is CC(=O)O[C@H]1Cc2cc3c(cc2[C@H]2N(C)Cc4c(ccc5c4OCO5)[C@@]12C)OCO3. The number of carbonyl (C=O) groups excluding carboxylic acids is 1. The fourth-order valence-electron chi connectivity index (χ4n) is 5.75. The van der Waals surface area contributed by atoms with Crippen molar-refractivity contribution >= 4 is 5.97 Å². The van der Waals surface area contributed by atoms with Gasteiger partial charge in [0, 0.05) is 31.5 Å². The summed E-state index contributed by atoms with van der Waals surface area (Å²) in [6.45, 7) is 4.84. The Kier molecular flexibility index (Phi) is 3.60. The minimum Gasteiger partial charge on any atom is -0.461 e.